The summed E-state index contributed by atoms with van der Waals surface area (Å²) in [5.74, 6) is 0. The lowest BCUT2D eigenvalue weighted by Gasteiger charge is -2.13. The van der Waals surface area contributed by atoms with Crippen LogP contribution < -0.4 is 0 Å². The molecule has 0 saturated heterocycles. The molecule has 45 heavy (non-hydrogen) atoms. The Morgan fingerprint density at radius 1 is 0.511 bits per heavy atom. The number of hydrogen-bond donors (Lipinski definition) is 0. The van der Waals surface area contributed by atoms with E-state index >= 15 is 0 Å². The van der Waals surface area contributed by atoms with Crippen molar-refractivity contribution in [2.45, 2.75) is 0 Å². The molecular weight excluding hydrogens is 571 g/mol. The van der Waals surface area contributed by atoms with Crippen molar-refractivity contribution in [1.29, 1.82) is 10.5 Å². The summed E-state index contributed by atoms with van der Waals surface area (Å²) in [6.07, 6.45) is 0. The largest absolute Gasteiger partial charge is 0.309 e. The molecular formula is C39H19N5S. The second-order valence-corrected chi connectivity index (χ2v) is 12.2. The van der Waals surface area contributed by atoms with Gasteiger partial charge in [-0.15, -0.1) is 11.3 Å². The zero-order valence-corrected chi connectivity index (χ0v) is 24.4. The lowest BCUT2D eigenvalue weighted by Crippen LogP contribution is -1.98. The summed E-state index contributed by atoms with van der Waals surface area (Å²) >= 11 is 1.75. The van der Waals surface area contributed by atoms with Crippen LogP contribution in [0.4, 0.5) is 5.69 Å². The predicted molar refractivity (Wildman–Crippen MR) is 184 cm³/mol. The summed E-state index contributed by atoms with van der Waals surface area (Å²) in [6, 6.07) is 43.6. The van der Waals surface area contributed by atoms with E-state index in [2.05, 4.69) is 92.8 Å². The van der Waals surface area contributed by atoms with Gasteiger partial charge >= 0.3 is 0 Å². The van der Waals surface area contributed by atoms with Crippen molar-refractivity contribution in [1.82, 2.24) is 9.13 Å². The van der Waals surface area contributed by atoms with Gasteiger partial charge in [-0.1, -0.05) is 36.4 Å². The molecule has 0 spiro atoms. The molecule has 206 valence electrons. The molecule has 6 aromatic carbocycles. The fraction of sp³-hybridized carbons (Fsp3) is 0. The molecule has 0 unspecified atom stereocenters. The standard InChI is InChI=1S/C39H19N5S/c1-42-25-11-14-38-32(17-25)33-19-31-28-7-2-3-8-34(28)44(37(31)20-39(33)45-38)27-6-4-5-26(18-27)43-35-12-9-23(21-40)15-29(35)30-16-24(22-41)10-13-36(30)43/h2-20H. The third kappa shape index (κ3) is 3.57. The van der Waals surface area contributed by atoms with Crippen LogP contribution in [0, 0.1) is 29.2 Å². The van der Waals surface area contributed by atoms with Crippen LogP contribution in [0.15, 0.2) is 115 Å². The van der Waals surface area contributed by atoms with Gasteiger partial charge < -0.3 is 9.13 Å². The van der Waals surface area contributed by atoms with E-state index < -0.39 is 0 Å². The van der Waals surface area contributed by atoms with Gasteiger partial charge in [-0.25, -0.2) is 4.85 Å². The molecule has 9 rings (SSSR count). The fourth-order valence-corrected chi connectivity index (χ4v) is 7.89. The molecule has 0 N–H and O–H groups in total. The third-order valence-corrected chi connectivity index (χ3v) is 9.88. The molecule has 3 heterocycles. The van der Waals surface area contributed by atoms with E-state index in [0.717, 1.165) is 49.6 Å². The SMILES string of the molecule is [C-]#[N+]c1ccc2sc3cc4c(cc3c2c1)c1ccccc1n4-c1cccc(-n2c3ccc(C#N)cc3c3cc(C#N)ccc32)c1. The molecule has 0 bridgehead atoms. The van der Waals surface area contributed by atoms with Crippen LogP contribution in [0.3, 0.4) is 0 Å². The number of thiophene rings is 1. The average molecular weight is 590 g/mol. The minimum absolute atomic E-state index is 0.584. The van der Waals surface area contributed by atoms with Gasteiger partial charge in [0.05, 0.1) is 51.9 Å². The summed E-state index contributed by atoms with van der Waals surface area (Å²) in [6.45, 7) is 7.51. The summed E-state index contributed by atoms with van der Waals surface area (Å²) < 4.78 is 6.90. The number of nitrogens with zero attached hydrogens (tertiary/aromatic N) is 5. The van der Waals surface area contributed by atoms with Crippen LogP contribution in [-0.4, -0.2) is 9.13 Å². The first-order chi connectivity index (χ1) is 22.1. The van der Waals surface area contributed by atoms with E-state index in [1.165, 1.54) is 25.6 Å². The van der Waals surface area contributed by atoms with Gasteiger partial charge in [-0.3, -0.25) is 0 Å². The summed E-state index contributed by atoms with van der Waals surface area (Å²) in [4.78, 5) is 3.67. The smallest absolute Gasteiger partial charge is 0.187 e. The summed E-state index contributed by atoms with van der Waals surface area (Å²) in [5, 5.41) is 25.7. The van der Waals surface area contributed by atoms with Gasteiger partial charge in [0, 0.05) is 42.3 Å². The van der Waals surface area contributed by atoms with Crippen LogP contribution in [-0.2, 0) is 0 Å². The third-order valence-electron chi connectivity index (χ3n) is 8.75. The molecule has 9 aromatic rings. The molecule has 0 fully saturated rings. The Labute approximate surface area is 261 Å². The van der Waals surface area contributed by atoms with Crippen LogP contribution in [0.1, 0.15) is 11.1 Å². The first-order valence-electron chi connectivity index (χ1n) is 14.4. The van der Waals surface area contributed by atoms with E-state index in [1.54, 1.807) is 11.3 Å². The predicted octanol–water partition coefficient (Wildman–Crippen LogP) is 10.5. The van der Waals surface area contributed by atoms with Crippen molar-refractivity contribution in [3.8, 4) is 23.5 Å². The molecule has 0 saturated carbocycles. The fourth-order valence-electron chi connectivity index (χ4n) is 6.79. The highest BCUT2D eigenvalue weighted by molar-refractivity contribution is 7.25. The maximum absolute atomic E-state index is 9.62. The number of fused-ring (bicyclic) bond motifs is 9. The Morgan fingerprint density at radius 2 is 1.13 bits per heavy atom. The second-order valence-electron chi connectivity index (χ2n) is 11.2. The molecule has 0 radical (unpaired) electrons. The molecule has 0 amide bonds. The van der Waals surface area contributed by atoms with Crippen LogP contribution in [0.5, 0.6) is 0 Å². The number of hydrogen-bond acceptors (Lipinski definition) is 3. The molecule has 5 nitrogen and oxygen atoms in total. The number of nitriles is 2. The van der Waals surface area contributed by atoms with E-state index in [4.69, 9.17) is 6.57 Å². The Morgan fingerprint density at radius 3 is 1.82 bits per heavy atom. The van der Waals surface area contributed by atoms with Crippen molar-refractivity contribution < 1.29 is 0 Å². The lowest BCUT2D eigenvalue weighted by molar-refractivity contribution is 1.13. The highest BCUT2D eigenvalue weighted by Gasteiger charge is 2.18. The van der Waals surface area contributed by atoms with Crippen molar-refractivity contribution >= 4 is 80.8 Å². The van der Waals surface area contributed by atoms with E-state index in [1.807, 2.05) is 48.5 Å². The average Bonchev–Trinajstić information content (AvgIpc) is 3.73. The van der Waals surface area contributed by atoms with Crippen molar-refractivity contribution in [2.24, 2.45) is 0 Å². The molecule has 3 aromatic heterocycles. The Bertz CT molecular complexity index is 2790. The van der Waals surface area contributed by atoms with Crippen LogP contribution in [0.2, 0.25) is 0 Å². The minimum Gasteiger partial charge on any atom is -0.309 e. The van der Waals surface area contributed by atoms with Gasteiger partial charge in [0.1, 0.15) is 0 Å². The van der Waals surface area contributed by atoms with E-state index in [9.17, 15) is 10.5 Å². The molecule has 0 aliphatic rings. The van der Waals surface area contributed by atoms with Gasteiger partial charge in [0.25, 0.3) is 0 Å². The number of aromatic nitrogens is 2. The maximum atomic E-state index is 9.62. The Balaban J connectivity index is 1.33. The first kappa shape index (κ1) is 25.1. The van der Waals surface area contributed by atoms with Crippen LogP contribution in [0.25, 0.3) is 80.0 Å². The zero-order chi connectivity index (χ0) is 30.2. The number of benzene rings is 6. The van der Waals surface area contributed by atoms with Gasteiger partial charge in [-0.2, -0.15) is 10.5 Å². The lowest BCUT2D eigenvalue weighted by atomic mass is 10.1. The van der Waals surface area contributed by atoms with Gasteiger partial charge in [0.2, 0.25) is 0 Å². The molecule has 6 heteroatoms. The zero-order valence-electron chi connectivity index (χ0n) is 23.6. The highest BCUT2D eigenvalue weighted by atomic mass is 32.1. The van der Waals surface area contributed by atoms with Crippen molar-refractivity contribution in [2.75, 3.05) is 0 Å². The number of para-hydroxylation sites is 1. The van der Waals surface area contributed by atoms with Crippen molar-refractivity contribution in [3.63, 3.8) is 0 Å². The van der Waals surface area contributed by atoms with E-state index in [0.29, 0.717) is 16.8 Å². The van der Waals surface area contributed by atoms with Gasteiger partial charge in [-0.05, 0) is 89.6 Å². The Hall–Kier alpha value is -6.39. The van der Waals surface area contributed by atoms with Gasteiger partial charge in [0.15, 0.2) is 5.69 Å². The quantitative estimate of drug-likeness (QED) is 0.188. The highest BCUT2D eigenvalue weighted by Crippen LogP contribution is 2.42. The minimum atomic E-state index is 0.584. The first-order valence-corrected chi connectivity index (χ1v) is 15.2. The molecule has 0 aliphatic heterocycles. The maximum Gasteiger partial charge on any atom is 0.187 e. The summed E-state index contributed by atoms with van der Waals surface area (Å²) in [7, 11) is 0. The summed E-state index contributed by atoms with van der Waals surface area (Å²) in [5.41, 5.74) is 8.04. The van der Waals surface area contributed by atoms with Crippen molar-refractivity contribution in [3.05, 3.63) is 138 Å². The topological polar surface area (TPSA) is 61.8 Å². The van der Waals surface area contributed by atoms with Crippen LogP contribution >= 0.6 is 11.3 Å². The van der Waals surface area contributed by atoms with E-state index in [-0.39, 0.29) is 0 Å². The Kier molecular flexibility index (Phi) is 5.20. The second kappa shape index (κ2) is 9.30. The monoisotopic (exact) mass is 589 g/mol. The number of rotatable bonds is 2. The normalized spacial score (nSPS) is 11.5. The molecule has 0 aliphatic carbocycles. The molecule has 0 atom stereocenters.